The van der Waals surface area contributed by atoms with Crippen LogP contribution in [0.4, 0.5) is 101 Å². The summed E-state index contributed by atoms with van der Waals surface area (Å²) < 4.78 is 300. The maximum atomic E-state index is 13.7. The fourth-order valence-electron chi connectivity index (χ4n) is 2.29. The molecule has 0 amide bonds. The van der Waals surface area contributed by atoms with Crippen LogP contribution in [0.25, 0.3) is 0 Å². The third-order valence-corrected chi connectivity index (χ3v) is 4.30. The Kier molecular flexibility index (Phi) is 6.28. The molecule has 0 radical (unpaired) electrons. The highest BCUT2D eigenvalue weighted by atomic mass is 19.4. The van der Waals surface area contributed by atoms with E-state index >= 15 is 0 Å². The van der Waals surface area contributed by atoms with Gasteiger partial charge in [0.05, 0.1) is 0 Å². The summed E-state index contributed by atoms with van der Waals surface area (Å²) in [7, 11) is 0. The van der Waals surface area contributed by atoms with Gasteiger partial charge in [-0.3, -0.25) is 0 Å². The molecule has 1 aliphatic heterocycles. The van der Waals surface area contributed by atoms with E-state index in [-0.39, 0.29) is 0 Å². The molecule has 0 aromatic rings. The van der Waals surface area contributed by atoms with Crippen molar-refractivity contribution in [3.05, 3.63) is 0 Å². The van der Waals surface area contributed by atoms with Gasteiger partial charge in [0.15, 0.2) is 0 Å². The van der Waals surface area contributed by atoms with E-state index in [0.717, 1.165) is 0 Å². The van der Waals surface area contributed by atoms with Crippen molar-refractivity contribution in [1.82, 2.24) is 4.90 Å². The van der Waals surface area contributed by atoms with Crippen molar-refractivity contribution < 1.29 is 101 Å². The zero-order valence-electron chi connectivity index (χ0n) is 14.6. The first kappa shape index (κ1) is 31.4. The van der Waals surface area contributed by atoms with Crippen LogP contribution in [0.1, 0.15) is 0 Å². The molecule has 1 saturated heterocycles. The van der Waals surface area contributed by atoms with Gasteiger partial charge in [-0.15, -0.1) is 4.90 Å². The Morgan fingerprint density at radius 3 is 0.857 bits per heavy atom. The van der Waals surface area contributed by atoms with Crippen LogP contribution < -0.4 is 0 Å². The van der Waals surface area contributed by atoms with Gasteiger partial charge >= 0.3 is 65.8 Å². The van der Waals surface area contributed by atoms with Crippen molar-refractivity contribution in [3.8, 4) is 0 Å². The molecule has 1 aliphatic rings. The molecule has 0 atom stereocenters. The van der Waals surface area contributed by atoms with E-state index in [9.17, 15) is 101 Å². The van der Waals surface area contributed by atoms with E-state index in [0.29, 0.717) is 0 Å². The maximum Gasteiger partial charge on any atom is 0.460 e. The summed E-state index contributed by atoms with van der Waals surface area (Å²) in [5.41, 5.74) is 0. The molecule has 1 rings (SSSR count). The molecule has 210 valence electrons. The van der Waals surface area contributed by atoms with Gasteiger partial charge < -0.3 is 0 Å². The summed E-state index contributed by atoms with van der Waals surface area (Å²) in [4.78, 5) is -5.10. The summed E-state index contributed by atoms with van der Waals surface area (Å²) in [6.07, 6.45) is -8.08. The zero-order chi connectivity index (χ0) is 29.1. The molecule has 0 bridgehead atoms. The van der Waals surface area contributed by atoms with Gasteiger partial charge in [-0.2, -0.15) is 101 Å². The lowest BCUT2D eigenvalue weighted by atomic mass is 9.90. The fraction of sp³-hybridized carbons (Fsp3) is 1.00. The van der Waals surface area contributed by atoms with E-state index in [1.165, 1.54) is 0 Å². The molecule has 1 fully saturated rings. The Labute approximate surface area is 173 Å². The van der Waals surface area contributed by atoms with Crippen LogP contribution in [0.5, 0.6) is 0 Å². The number of hydrogen-bond donors (Lipinski definition) is 0. The van der Waals surface area contributed by atoms with E-state index in [1.54, 1.807) is 0 Å². The maximum absolute atomic E-state index is 13.7. The van der Waals surface area contributed by atoms with Crippen LogP contribution in [0.3, 0.4) is 0 Å². The summed E-state index contributed by atoms with van der Waals surface area (Å²) in [5.74, 6) is -60.8. The standard InChI is InChI=1S/C11F23N/c12-1(13,4(18,19)8(26,27)28)2(14,15)5(20,21)9(29,30)35-10(31,32)6(22,23)3(16,17)7(24,25)11(35,33)34. The molecule has 0 spiro atoms. The molecule has 1 heterocycles. The molecule has 1 nitrogen and oxygen atoms in total. The summed E-state index contributed by atoms with van der Waals surface area (Å²) >= 11 is 0. The predicted octanol–water partition coefficient (Wildman–Crippen LogP) is 7.09. The van der Waals surface area contributed by atoms with Gasteiger partial charge in [0, 0.05) is 0 Å². The van der Waals surface area contributed by atoms with E-state index in [4.69, 9.17) is 0 Å². The first-order chi connectivity index (χ1) is 14.6. The smallest absolute Gasteiger partial charge is 0.192 e. The number of halogens is 23. The van der Waals surface area contributed by atoms with Crippen LogP contribution >= 0.6 is 0 Å². The number of likely N-dealkylation sites (tertiary alicyclic amines) is 1. The Balaban J connectivity index is 4.02. The quantitative estimate of drug-likeness (QED) is 0.247. The third kappa shape index (κ3) is 3.14. The SMILES string of the molecule is FC(F)(F)C(F)(F)C(F)(F)C(F)(F)C(F)(F)C(F)(F)N1C(F)(F)C(F)(F)C(F)(F)C(F)(F)C1(F)F. The number of nitrogens with zero attached hydrogens (tertiary/aromatic N) is 1. The second-order valence-electron chi connectivity index (χ2n) is 6.48. The minimum atomic E-state index is -9.26. The first-order valence-corrected chi connectivity index (χ1v) is 7.27. The van der Waals surface area contributed by atoms with Gasteiger partial charge in [-0.05, 0) is 0 Å². The van der Waals surface area contributed by atoms with Gasteiger partial charge in [0.25, 0.3) is 0 Å². The molecular formula is C11F23N. The topological polar surface area (TPSA) is 3.24 Å². The third-order valence-electron chi connectivity index (χ3n) is 4.30. The van der Waals surface area contributed by atoms with E-state index < -0.39 is 70.7 Å². The van der Waals surface area contributed by atoms with Crippen LogP contribution in [-0.2, 0) is 0 Å². The van der Waals surface area contributed by atoms with Crippen LogP contribution in [-0.4, -0.2) is 70.7 Å². The van der Waals surface area contributed by atoms with Gasteiger partial charge in [-0.25, -0.2) is 0 Å². The number of piperidine rings is 1. The second-order valence-corrected chi connectivity index (χ2v) is 6.48. The average molecular weight is 583 g/mol. The molecule has 24 heteroatoms. The minimum absolute atomic E-state index is 5.10. The number of rotatable bonds is 5. The van der Waals surface area contributed by atoms with Crippen molar-refractivity contribution in [2.45, 2.75) is 65.8 Å². The lowest BCUT2D eigenvalue weighted by Gasteiger charge is -2.54. The second kappa shape index (κ2) is 7.01. The molecule has 0 unspecified atom stereocenters. The Bertz CT molecular complexity index is 801. The van der Waals surface area contributed by atoms with Gasteiger partial charge in [0.2, 0.25) is 0 Å². The van der Waals surface area contributed by atoms with Crippen molar-refractivity contribution >= 4 is 0 Å². The minimum Gasteiger partial charge on any atom is -0.192 e. The van der Waals surface area contributed by atoms with Crippen LogP contribution in [0, 0.1) is 0 Å². The predicted molar refractivity (Wildman–Crippen MR) is 57.4 cm³/mol. The first-order valence-electron chi connectivity index (χ1n) is 7.27. The molecule has 0 aliphatic carbocycles. The lowest BCUT2D eigenvalue weighted by molar-refractivity contribution is -0.557. The van der Waals surface area contributed by atoms with Crippen molar-refractivity contribution in [2.75, 3.05) is 0 Å². The average Bonchev–Trinajstić information content (AvgIpc) is 2.57. The lowest BCUT2D eigenvalue weighted by Crippen LogP contribution is -2.87. The molecular weight excluding hydrogens is 583 g/mol. The van der Waals surface area contributed by atoms with Crippen LogP contribution in [0.2, 0.25) is 0 Å². The van der Waals surface area contributed by atoms with Crippen molar-refractivity contribution in [1.29, 1.82) is 0 Å². The number of hydrogen-bond acceptors (Lipinski definition) is 1. The van der Waals surface area contributed by atoms with Crippen molar-refractivity contribution in [3.63, 3.8) is 0 Å². The fourth-order valence-corrected chi connectivity index (χ4v) is 2.29. The summed E-state index contributed by atoms with van der Waals surface area (Å²) in [5, 5.41) is 0. The summed E-state index contributed by atoms with van der Waals surface area (Å²) in [6.45, 7) is 0. The zero-order valence-corrected chi connectivity index (χ0v) is 14.6. The molecule has 0 aromatic heterocycles. The van der Waals surface area contributed by atoms with E-state index in [1.807, 2.05) is 0 Å². The highest BCUT2D eigenvalue weighted by molar-refractivity contribution is 5.19. The summed E-state index contributed by atoms with van der Waals surface area (Å²) in [6, 6.07) is -26.2. The normalized spacial score (nSPS) is 25.5. The van der Waals surface area contributed by atoms with Gasteiger partial charge in [-0.1, -0.05) is 0 Å². The van der Waals surface area contributed by atoms with Crippen LogP contribution in [0.15, 0.2) is 0 Å². The number of alkyl halides is 23. The molecule has 35 heavy (non-hydrogen) atoms. The molecule has 0 aromatic carbocycles. The Morgan fingerprint density at radius 2 is 0.600 bits per heavy atom. The van der Waals surface area contributed by atoms with Gasteiger partial charge in [0.1, 0.15) is 0 Å². The highest BCUT2D eigenvalue weighted by Gasteiger charge is 3.01. The molecule has 0 saturated carbocycles. The largest absolute Gasteiger partial charge is 0.460 e. The molecule has 0 N–H and O–H groups in total. The Hall–Kier alpha value is -1.65. The highest BCUT2D eigenvalue weighted by Crippen LogP contribution is 2.69. The monoisotopic (exact) mass is 583 g/mol. The Morgan fingerprint density at radius 1 is 0.343 bits per heavy atom. The van der Waals surface area contributed by atoms with Crippen molar-refractivity contribution in [2.24, 2.45) is 0 Å². The van der Waals surface area contributed by atoms with E-state index in [2.05, 4.69) is 0 Å².